The summed E-state index contributed by atoms with van der Waals surface area (Å²) in [5, 5.41) is 0. The lowest BCUT2D eigenvalue weighted by Crippen LogP contribution is -2.38. The van der Waals surface area contributed by atoms with Crippen molar-refractivity contribution in [2.45, 2.75) is 40.5 Å². The largest absolute Gasteiger partial charge is 0.339 e. The molecule has 0 unspecified atom stereocenters. The third-order valence-corrected chi connectivity index (χ3v) is 3.67. The van der Waals surface area contributed by atoms with E-state index in [0.29, 0.717) is 5.56 Å². The number of hydrogen-bond acceptors (Lipinski definition) is 3. The average Bonchev–Trinajstić information content (AvgIpc) is 2.28. The molecule has 4 nitrogen and oxygen atoms in total. The lowest BCUT2D eigenvalue weighted by atomic mass is 9.98. The minimum atomic E-state index is 0.0944. The molecule has 2 rings (SSSR count). The third kappa shape index (κ3) is 2.52. The topological polar surface area (TPSA) is 46.1 Å². The monoisotopic (exact) mass is 247 g/mol. The summed E-state index contributed by atoms with van der Waals surface area (Å²) in [4.78, 5) is 23.1. The highest BCUT2D eigenvalue weighted by Gasteiger charge is 2.24. The quantitative estimate of drug-likeness (QED) is 0.764. The van der Waals surface area contributed by atoms with Gasteiger partial charge in [0, 0.05) is 13.1 Å². The number of piperidine rings is 1. The molecule has 98 valence electrons. The number of aromatic nitrogens is 2. The number of nitrogens with zero attached hydrogens (tertiary/aromatic N) is 3. The van der Waals surface area contributed by atoms with Gasteiger partial charge in [0.2, 0.25) is 0 Å². The Kier molecular flexibility index (Phi) is 3.64. The van der Waals surface area contributed by atoms with E-state index >= 15 is 0 Å². The number of aryl methyl sites for hydroxylation is 3. The first kappa shape index (κ1) is 13.0. The SMILES string of the molecule is Cc1nc(C)c(C(=O)N2CCC(C)CC2)c(C)n1. The van der Waals surface area contributed by atoms with E-state index in [2.05, 4.69) is 16.9 Å². The maximum Gasteiger partial charge on any atom is 0.257 e. The van der Waals surface area contributed by atoms with Gasteiger partial charge in [0.15, 0.2) is 0 Å². The van der Waals surface area contributed by atoms with E-state index in [-0.39, 0.29) is 5.91 Å². The summed E-state index contributed by atoms with van der Waals surface area (Å²) in [5.74, 6) is 1.55. The van der Waals surface area contributed by atoms with Crippen LogP contribution in [0.25, 0.3) is 0 Å². The van der Waals surface area contributed by atoms with Crippen molar-refractivity contribution in [1.82, 2.24) is 14.9 Å². The molecule has 1 aliphatic heterocycles. The van der Waals surface area contributed by atoms with E-state index in [4.69, 9.17) is 0 Å². The second-order valence-electron chi connectivity index (χ2n) is 5.29. The summed E-state index contributed by atoms with van der Waals surface area (Å²) < 4.78 is 0. The van der Waals surface area contributed by atoms with Gasteiger partial charge in [-0.25, -0.2) is 9.97 Å². The minimum Gasteiger partial charge on any atom is -0.339 e. The first-order chi connectivity index (χ1) is 8.49. The molecule has 1 aromatic heterocycles. The number of likely N-dealkylation sites (tertiary alicyclic amines) is 1. The highest BCUT2D eigenvalue weighted by atomic mass is 16.2. The number of hydrogen-bond donors (Lipinski definition) is 0. The Morgan fingerprint density at radius 1 is 1.11 bits per heavy atom. The van der Waals surface area contributed by atoms with Crippen LogP contribution < -0.4 is 0 Å². The van der Waals surface area contributed by atoms with Crippen molar-refractivity contribution in [3.63, 3.8) is 0 Å². The minimum absolute atomic E-state index is 0.0944. The predicted octanol–water partition coefficient (Wildman–Crippen LogP) is 2.27. The second-order valence-corrected chi connectivity index (χ2v) is 5.29. The molecule has 0 radical (unpaired) electrons. The van der Waals surface area contributed by atoms with Gasteiger partial charge in [-0.2, -0.15) is 0 Å². The zero-order valence-corrected chi connectivity index (χ0v) is 11.7. The molecule has 0 saturated carbocycles. The first-order valence-electron chi connectivity index (χ1n) is 6.60. The molecule has 18 heavy (non-hydrogen) atoms. The fourth-order valence-corrected chi connectivity index (χ4v) is 2.56. The molecule has 0 atom stereocenters. The Morgan fingerprint density at radius 2 is 1.61 bits per heavy atom. The number of amides is 1. The van der Waals surface area contributed by atoms with Crippen LogP contribution in [0.1, 0.15) is 47.3 Å². The van der Waals surface area contributed by atoms with Crippen LogP contribution >= 0.6 is 0 Å². The van der Waals surface area contributed by atoms with Gasteiger partial charge in [-0.15, -0.1) is 0 Å². The molecular formula is C14H21N3O. The lowest BCUT2D eigenvalue weighted by molar-refractivity contribution is 0.0694. The fraction of sp³-hybridized carbons (Fsp3) is 0.643. The lowest BCUT2D eigenvalue weighted by Gasteiger charge is -2.30. The van der Waals surface area contributed by atoms with Gasteiger partial charge >= 0.3 is 0 Å². The van der Waals surface area contributed by atoms with Gasteiger partial charge < -0.3 is 4.90 Å². The van der Waals surface area contributed by atoms with E-state index in [0.717, 1.165) is 49.1 Å². The van der Waals surface area contributed by atoms with Crippen molar-refractivity contribution in [2.24, 2.45) is 5.92 Å². The Labute approximate surface area is 108 Å². The Hall–Kier alpha value is -1.45. The number of carbonyl (C=O) groups excluding carboxylic acids is 1. The average molecular weight is 247 g/mol. The van der Waals surface area contributed by atoms with Crippen molar-refractivity contribution < 1.29 is 4.79 Å². The zero-order valence-electron chi connectivity index (χ0n) is 11.7. The van der Waals surface area contributed by atoms with E-state index < -0.39 is 0 Å². The molecule has 0 N–H and O–H groups in total. The number of rotatable bonds is 1. The van der Waals surface area contributed by atoms with Crippen LogP contribution in [0.5, 0.6) is 0 Å². The molecule has 0 spiro atoms. The molecule has 1 fully saturated rings. The fourth-order valence-electron chi connectivity index (χ4n) is 2.56. The van der Waals surface area contributed by atoms with E-state index in [1.54, 1.807) is 0 Å². The van der Waals surface area contributed by atoms with Crippen molar-refractivity contribution in [3.05, 3.63) is 22.8 Å². The molecule has 1 saturated heterocycles. The molecule has 1 aliphatic rings. The van der Waals surface area contributed by atoms with Crippen LogP contribution in [0.2, 0.25) is 0 Å². The first-order valence-corrected chi connectivity index (χ1v) is 6.60. The molecule has 2 heterocycles. The maximum atomic E-state index is 12.5. The molecule has 1 aromatic rings. The van der Waals surface area contributed by atoms with E-state index in [1.807, 2.05) is 25.7 Å². The summed E-state index contributed by atoms with van der Waals surface area (Å²) in [6, 6.07) is 0. The highest BCUT2D eigenvalue weighted by molar-refractivity contribution is 5.96. The van der Waals surface area contributed by atoms with Crippen LogP contribution in [0, 0.1) is 26.7 Å². The summed E-state index contributed by atoms with van der Waals surface area (Å²) >= 11 is 0. The van der Waals surface area contributed by atoms with Crippen molar-refractivity contribution in [1.29, 1.82) is 0 Å². The van der Waals surface area contributed by atoms with Gasteiger partial charge in [0.25, 0.3) is 5.91 Å². The Balaban J connectivity index is 2.24. The van der Waals surface area contributed by atoms with Crippen molar-refractivity contribution in [3.8, 4) is 0 Å². The summed E-state index contributed by atoms with van der Waals surface area (Å²) in [6.45, 7) is 9.59. The molecule has 1 amide bonds. The van der Waals surface area contributed by atoms with Crippen molar-refractivity contribution in [2.75, 3.05) is 13.1 Å². The Morgan fingerprint density at radius 3 is 2.11 bits per heavy atom. The molecule has 0 aliphatic carbocycles. The van der Waals surface area contributed by atoms with Crippen LogP contribution in [-0.2, 0) is 0 Å². The molecule has 4 heteroatoms. The van der Waals surface area contributed by atoms with Crippen LogP contribution in [0.15, 0.2) is 0 Å². The smallest absolute Gasteiger partial charge is 0.257 e. The zero-order chi connectivity index (χ0) is 13.3. The van der Waals surface area contributed by atoms with Gasteiger partial charge in [0.05, 0.1) is 17.0 Å². The van der Waals surface area contributed by atoms with E-state index in [9.17, 15) is 4.79 Å². The van der Waals surface area contributed by atoms with Gasteiger partial charge in [-0.3, -0.25) is 4.79 Å². The van der Waals surface area contributed by atoms with Gasteiger partial charge in [0.1, 0.15) is 5.82 Å². The normalized spacial score (nSPS) is 17.0. The number of carbonyl (C=O) groups is 1. The van der Waals surface area contributed by atoms with Gasteiger partial charge in [-0.1, -0.05) is 6.92 Å². The summed E-state index contributed by atoms with van der Waals surface area (Å²) in [7, 11) is 0. The van der Waals surface area contributed by atoms with Crippen LogP contribution in [0.3, 0.4) is 0 Å². The summed E-state index contributed by atoms with van der Waals surface area (Å²) in [5.41, 5.74) is 2.28. The standard InChI is InChI=1S/C14H21N3O/c1-9-5-7-17(8-6-9)14(18)13-10(2)15-12(4)16-11(13)3/h9H,5-8H2,1-4H3. The highest BCUT2D eigenvalue weighted by Crippen LogP contribution is 2.20. The third-order valence-electron chi connectivity index (χ3n) is 3.67. The van der Waals surface area contributed by atoms with Crippen LogP contribution in [0.4, 0.5) is 0 Å². The van der Waals surface area contributed by atoms with E-state index in [1.165, 1.54) is 0 Å². The predicted molar refractivity (Wildman–Crippen MR) is 70.5 cm³/mol. The Bertz CT molecular complexity index is 439. The second kappa shape index (κ2) is 5.04. The van der Waals surface area contributed by atoms with Gasteiger partial charge in [-0.05, 0) is 39.5 Å². The van der Waals surface area contributed by atoms with Crippen LogP contribution in [-0.4, -0.2) is 33.9 Å². The summed E-state index contributed by atoms with van der Waals surface area (Å²) in [6.07, 6.45) is 2.19. The molecule has 0 aromatic carbocycles. The molecule has 0 bridgehead atoms. The maximum absolute atomic E-state index is 12.5. The molecular weight excluding hydrogens is 226 g/mol. The van der Waals surface area contributed by atoms with Crippen molar-refractivity contribution >= 4 is 5.91 Å².